The Morgan fingerprint density at radius 2 is 1.73 bits per heavy atom. The molecule has 5 nitrogen and oxygen atoms in total. The molecule has 0 atom stereocenters. The first-order chi connectivity index (χ1) is 10.9. The van der Waals surface area contributed by atoms with Gasteiger partial charge in [0.25, 0.3) is 0 Å². The standard InChI is InChI=1S/C17H27NO4/c1-2-9-21-16-4-3-5-17(15-16)22-14-13-20-12-8-18-6-10-19-11-7-18/h3-5,15H,2,6-14H2,1H3. The quantitative estimate of drug-likeness (QED) is 0.620. The van der Waals surface area contributed by atoms with Crippen LogP contribution in [-0.2, 0) is 9.47 Å². The maximum Gasteiger partial charge on any atom is 0.123 e. The van der Waals surface area contributed by atoms with Gasteiger partial charge in [-0.25, -0.2) is 0 Å². The summed E-state index contributed by atoms with van der Waals surface area (Å²) >= 11 is 0. The predicted molar refractivity (Wildman–Crippen MR) is 85.8 cm³/mol. The zero-order chi connectivity index (χ0) is 15.5. The second-order valence-corrected chi connectivity index (χ2v) is 5.24. The van der Waals surface area contributed by atoms with Crippen molar-refractivity contribution >= 4 is 0 Å². The molecule has 0 saturated carbocycles. The number of morpholine rings is 1. The summed E-state index contributed by atoms with van der Waals surface area (Å²) in [6, 6.07) is 7.75. The van der Waals surface area contributed by atoms with Gasteiger partial charge < -0.3 is 18.9 Å². The summed E-state index contributed by atoms with van der Waals surface area (Å²) < 4.78 is 22.2. The number of benzene rings is 1. The van der Waals surface area contributed by atoms with E-state index in [2.05, 4.69) is 11.8 Å². The molecule has 1 aromatic carbocycles. The van der Waals surface area contributed by atoms with Gasteiger partial charge in [0, 0.05) is 25.7 Å². The minimum atomic E-state index is 0.556. The van der Waals surface area contributed by atoms with E-state index in [4.69, 9.17) is 18.9 Å². The van der Waals surface area contributed by atoms with Gasteiger partial charge >= 0.3 is 0 Å². The second kappa shape index (κ2) is 10.4. The molecule has 1 aromatic rings. The molecule has 5 heteroatoms. The van der Waals surface area contributed by atoms with Gasteiger partial charge in [-0.05, 0) is 18.6 Å². The van der Waals surface area contributed by atoms with Gasteiger partial charge in [-0.1, -0.05) is 13.0 Å². The molecule has 1 aliphatic rings. The van der Waals surface area contributed by atoms with Crippen molar-refractivity contribution in [2.24, 2.45) is 0 Å². The molecule has 0 N–H and O–H groups in total. The minimum absolute atomic E-state index is 0.556. The summed E-state index contributed by atoms with van der Waals surface area (Å²) in [5.41, 5.74) is 0. The summed E-state index contributed by atoms with van der Waals surface area (Å²) in [5.74, 6) is 1.68. The zero-order valence-electron chi connectivity index (χ0n) is 13.5. The summed E-state index contributed by atoms with van der Waals surface area (Å²) in [5, 5.41) is 0. The van der Waals surface area contributed by atoms with Crippen LogP contribution in [0.2, 0.25) is 0 Å². The number of rotatable bonds is 10. The van der Waals surface area contributed by atoms with Gasteiger partial charge in [0.2, 0.25) is 0 Å². The fourth-order valence-corrected chi connectivity index (χ4v) is 2.21. The van der Waals surface area contributed by atoms with E-state index >= 15 is 0 Å². The largest absolute Gasteiger partial charge is 0.493 e. The molecule has 0 amide bonds. The zero-order valence-corrected chi connectivity index (χ0v) is 13.5. The molecular formula is C17H27NO4. The van der Waals surface area contributed by atoms with Crippen LogP contribution >= 0.6 is 0 Å². The Bertz CT molecular complexity index is 407. The molecule has 0 aromatic heterocycles. The lowest BCUT2D eigenvalue weighted by Crippen LogP contribution is -2.38. The first kappa shape index (κ1) is 17.1. The Labute approximate surface area is 133 Å². The minimum Gasteiger partial charge on any atom is -0.493 e. The molecule has 0 radical (unpaired) electrons. The first-order valence-corrected chi connectivity index (χ1v) is 8.12. The molecule has 1 aliphatic heterocycles. The number of hydrogen-bond acceptors (Lipinski definition) is 5. The molecule has 22 heavy (non-hydrogen) atoms. The summed E-state index contributed by atoms with van der Waals surface area (Å²) in [4.78, 5) is 2.36. The van der Waals surface area contributed by atoms with E-state index in [1.165, 1.54) is 0 Å². The van der Waals surface area contributed by atoms with E-state index in [0.29, 0.717) is 13.2 Å². The van der Waals surface area contributed by atoms with Crippen molar-refractivity contribution in [3.63, 3.8) is 0 Å². The second-order valence-electron chi connectivity index (χ2n) is 5.24. The molecular weight excluding hydrogens is 282 g/mol. The Morgan fingerprint density at radius 1 is 1.00 bits per heavy atom. The van der Waals surface area contributed by atoms with Crippen molar-refractivity contribution in [2.75, 3.05) is 59.3 Å². The topological polar surface area (TPSA) is 40.2 Å². The number of nitrogens with zero attached hydrogens (tertiary/aromatic N) is 1. The van der Waals surface area contributed by atoms with Crippen LogP contribution < -0.4 is 9.47 Å². The fraction of sp³-hybridized carbons (Fsp3) is 0.647. The fourth-order valence-electron chi connectivity index (χ4n) is 2.21. The number of ether oxygens (including phenoxy) is 4. The molecule has 0 spiro atoms. The average molecular weight is 309 g/mol. The van der Waals surface area contributed by atoms with Crippen LogP contribution in [0.5, 0.6) is 11.5 Å². The van der Waals surface area contributed by atoms with E-state index < -0.39 is 0 Å². The lowest BCUT2D eigenvalue weighted by Gasteiger charge is -2.26. The highest BCUT2D eigenvalue weighted by Crippen LogP contribution is 2.19. The normalized spacial score (nSPS) is 15.7. The highest BCUT2D eigenvalue weighted by Gasteiger charge is 2.09. The lowest BCUT2D eigenvalue weighted by atomic mass is 10.3. The Kier molecular flexibility index (Phi) is 8.09. The van der Waals surface area contributed by atoms with Gasteiger partial charge in [-0.3, -0.25) is 4.90 Å². The Balaban J connectivity index is 1.54. The molecule has 0 aliphatic carbocycles. The van der Waals surface area contributed by atoms with Crippen molar-refractivity contribution in [1.82, 2.24) is 4.90 Å². The van der Waals surface area contributed by atoms with Gasteiger partial charge in [-0.2, -0.15) is 0 Å². The maximum atomic E-state index is 5.68. The lowest BCUT2D eigenvalue weighted by molar-refractivity contribution is 0.0170. The predicted octanol–water partition coefficient (Wildman–Crippen LogP) is 2.20. The van der Waals surface area contributed by atoms with E-state index in [9.17, 15) is 0 Å². The summed E-state index contributed by atoms with van der Waals surface area (Å²) in [6.07, 6.45) is 1.00. The van der Waals surface area contributed by atoms with E-state index in [-0.39, 0.29) is 0 Å². The van der Waals surface area contributed by atoms with E-state index in [0.717, 1.165) is 64.0 Å². The van der Waals surface area contributed by atoms with Crippen molar-refractivity contribution < 1.29 is 18.9 Å². The van der Waals surface area contributed by atoms with Crippen LogP contribution in [0.3, 0.4) is 0 Å². The average Bonchev–Trinajstić information content (AvgIpc) is 2.57. The van der Waals surface area contributed by atoms with Gasteiger partial charge in [0.1, 0.15) is 18.1 Å². The van der Waals surface area contributed by atoms with Gasteiger partial charge in [0.05, 0.1) is 33.0 Å². The summed E-state index contributed by atoms with van der Waals surface area (Å²) in [6.45, 7) is 9.36. The van der Waals surface area contributed by atoms with E-state index in [1.807, 2.05) is 24.3 Å². The monoisotopic (exact) mass is 309 g/mol. The number of hydrogen-bond donors (Lipinski definition) is 0. The highest BCUT2D eigenvalue weighted by atomic mass is 16.5. The van der Waals surface area contributed by atoms with E-state index in [1.54, 1.807) is 0 Å². The van der Waals surface area contributed by atoms with Crippen LogP contribution in [-0.4, -0.2) is 64.2 Å². The Hall–Kier alpha value is -1.30. The molecule has 2 rings (SSSR count). The van der Waals surface area contributed by atoms with Crippen molar-refractivity contribution in [3.05, 3.63) is 24.3 Å². The molecule has 1 heterocycles. The third-order valence-electron chi connectivity index (χ3n) is 3.43. The van der Waals surface area contributed by atoms with Crippen LogP contribution in [0.25, 0.3) is 0 Å². The van der Waals surface area contributed by atoms with Crippen LogP contribution in [0, 0.1) is 0 Å². The molecule has 1 saturated heterocycles. The van der Waals surface area contributed by atoms with Gasteiger partial charge in [-0.15, -0.1) is 0 Å². The molecule has 0 unspecified atom stereocenters. The van der Waals surface area contributed by atoms with Crippen molar-refractivity contribution in [3.8, 4) is 11.5 Å². The SMILES string of the molecule is CCCOc1cccc(OCCOCCN2CCOCC2)c1. The highest BCUT2D eigenvalue weighted by molar-refractivity contribution is 5.32. The Morgan fingerprint density at radius 3 is 2.45 bits per heavy atom. The molecule has 124 valence electrons. The summed E-state index contributed by atoms with van der Waals surface area (Å²) in [7, 11) is 0. The third-order valence-corrected chi connectivity index (χ3v) is 3.43. The van der Waals surface area contributed by atoms with Crippen molar-refractivity contribution in [1.29, 1.82) is 0 Å². The smallest absolute Gasteiger partial charge is 0.123 e. The maximum absolute atomic E-state index is 5.68. The van der Waals surface area contributed by atoms with Crippen LogP contribution in [0.1, 0.15) is 13.3 Å². The van der Waals surface area contributed by atoms with Crippen LogP contribution in [0.15, 0.2) is 24.3 Å². The van der Waals surface area contributed by atoms with Crippen molar-refractivity contribution in [2.45, 2.75) is 13.3 Å². The van der Waals surface area contributed by atoms with Gasteiger partial charge in [0.15, 0.2) is 0 Å². The molecule has 1 fully saturated rings. The third kappa shape index (κ3) is 6.64. The first-order valence-electron chi connectivity index (χ1n) is 8.12. The molecule has 0 bridgehead atoms. The van der Waals surface area contributed by atoms with Crippen LogP contribution in [0.4, 0.5) is 0 Å².